The second-order valence-corrected chi connectivity index (χ2v) is 6.80. The van der Waals surface area contributed by atoms with Gasteiger partial charge in [0.2, 0.25) is 5.88 Å². The molecule has 0 spiro atoms. The number of ether oxygens (including phenoxy) is 2. The molecule has 0 saturated carbocycles. The van der Waals surface area contributed by atoms with Gasteiger partial charge in [0.1, 0.15) is 5.69 Å². The zero-order chi connectivity index (χ0) is 21.5. The number of benzene rings is 3. The number of aromatic nitrogens is 2. The Morgan fingerprint density at radius 3 is 1.77 bits per heavy atom. The molecule has 0 N–H and O–H groups in total. The van der Waals surface area contributed by atoms with Crippen LogP contribution in [0.5, 0.6) is 5.88 Å². The SMILES string of the molecule is CCOC(=O)COc1nnc(-c2ccccc2)c(-c2ccccc2)c1-c1ccccc1. The van der Waals surface area contributed by atoms with E-state index in [2.05, 4.69) is 10.2 Å². The number of carbonyl (C=O) groups is 1. The van der Waals surface area contributed by atoms with Gasteiger partial charge in [-0.3, -0.25) is 0 Å². The first-order valence-electron chi connectivity index (χ1n) is 10.1. The lowest BCUT2D eigenvalue weighted by molar-refractivity contribution is -0.145. The fourth-order valence-electron chi connectivity index (χ4n) is 3.41. The highest BCUT2D eigenvalue weighted by atomic mass is 16.6. The van der Waals surface area contributed by atoms with Crippen molar-refractivity contribution in [1.82, 2.24) is 10.2 Å². The van der Waals surface area contributed by atoms with Crippen molar-refractivity contribution in [3.05, 3.63) is 91.0 Å². The first kappa shape index (κ1) is 20.3. The summed E-state index contributed by atoms with van der Waals surface area (Å²) in [6, 6.07) is 29.8. The van der Waals surface area contributed by atoms with E-state index in [4.69, 9.17) is 9.47 Å². The molecule has 0 radical (unpaired) electrons. The molecule has 0 fully saturated rings. The molecular formula is C26H22N2O3. The summed E-state index contributed by atoms with van der Waals surface area (Å²) in [6.07, 6.45) is 0. The van der Waals surface area contributed by atoms with Gasteiger partial charge in [0.15, 0.2) is 6.61 Å². The molecule has 0 aliphatic heterocycles. The van der Waals surface area contributed by atoms with Gasteiger partial charge in [0.05, 0.1) is 12.2 Å². The van der Waals surface area contributed by atoms with Crippen LogP contribution in [0.3, 0.4) is 0 Å². The molecule has 0 aliphatic rings. The Morgan fingerprint density at radius 1 is 0.710 bits per heavy atom. The van der Waals surface area contributed by atoms with Crippen LogP contribution >= 0.6 is 0 Å². The van der Waals surface area contributed by atoms with E-state index in [9.17, 15) is 4.79 Å². The van der Waals surface area contributed by atoms with Crippen LogP contribution in [0.4, 0.5) is 0 Å². The summed E-state index contributed by atoms with van der Waals surface area (Å²) >= 11 is 0. The summed E-state index contributed by atoms with van der Waals surface area (Å²) in [7, 11) is 0. The minimum Gasteiger partial charge on any atom is -0.464 e. The van der Waals surface area contributed by atoms with Crippen molar-refractivity contribution in [3.8, 4) is 39.4 Å². The van der Waals surface area contributed by atoms with Gasteiger partial charge in [-0.25, -0.2) is 4.79 Å². The predicted octanol–water partition coefficient (Wildman–Crippen LogP) is 5.42. The Labute approximate surface area is 181 Å². The van der Waals surface area contributed by atoms with Crippen molar-refractivity contribution in [2.75, 3.05) is 13.2 Å². The predicted molar refractivity (Wildman–Crippen MR) is 120 cm³/mol. The number of hydrogen-bond acceptors (Lipinski definition) is 5. The van der Waals surface area contributed by atoms with E-state index in [-0.39, 0.29) is 12.5 Å². The molecule has 5 nitrogen and oxygen atoms in total. The van der Waals surface area contributed by atoms with E-state index in [1.807, 2.05) is 91.0 Å². The van der Waals surface area contributed by atoms with Crippen LogP contribution < -0.4 is 4.74 Å². The van der Waals surface area contributed by atoms with Gasteiger partial charge < -0.3 is 9.47 Å². The largest absolute Gasteiger partial charge is 0.464 e. The highest BCUT2D eigenvalue weighted by Crippen LogP contribution is 2.42. The minimum absolute atomic E-state index is 0.235. The Morgan fingerprint density at radius 2 is 1.23 bits per heavy atom. The molecule has 0 amide bonds. The Kier molecular flexibility index (Phi) is 6.33. The number of nitrogens with zero attached hydrogens (tertiary/aromatic N) is 2. The molecule has 5 heteroatoms. The molecule has 31 heavy (non-hydrogen) atoms. The summed E-state index contributed by atoms with van der Waals surface area (Å²) in [6.45, 7) is 1.82. The maximum atomic E-state index is 11.9. The third-order valence-corrected chi connectivity index (χ3v) is 4.75. The van der Waals surface area contributed by atoms with E-state index in [0.717, 1.165) is 33.5 Å². The summed E-state index contributed by atoms with van der Waals surface area (Å²) in [5.74, 6) is -0.158. The molecular weight excluding hydrogens is 388 g/mol. The lowest BCUT2D eigenvalue weighted by Gasteiger charge is -2.18. The van der Waals surface area contributed by atoms with Crippen LogP contribution in [0.15, 0.2) is 91.0 Å². The monoisotopic (exact) mass is 410 g/mol. The van der Waals surface area contributed by atoms with Crippen molar-refractivity contribution >= 4 is 5.97 Å². The standard InChI is InChI=1S/C26H22N2O3/c1-2-30-22(29)18-31-26-24(20-14-8-4-9-15-20)23(19-12-6-3-7-13-19)25(27-28-26)21-16-10-5-11-17-21/h3-17H,2,18H2,1H3. The van der Waals surface area contributed by atoms with Gasteiger partial charge in [-0.1, -0.05) is 91.0 Å². The summed E-state index contributed by atoms with van der Waals surface area (Å²) in [5, 5.41) is 8.88. The lowest BCUT2D eigenvalue weighted by Crippen LogP contribution is -2.16. The topological polar surface area (TPSA) is 61.3 Å². The number of rotatable bonds is 7. The molecule has 1 heterocycles. The van der Waals surface area contributed by atoms with Crippen molar-refractivity contribution in [1.29, 1.82) is 0 Å². The van der Waals surface area contributed by atoms with Crippen LogP contribution in [0.2, 0.25) is 0 Å². The van der Waals surface area contributed by atoms with E-state index < -0.39 is 5.97 Å². The van der Waals surface area contributed by atoms with Crippen molar-refractivity contribution in [2.24, 2.45) is 0 Å². The van der Waals surface area contributed by atoms with Crippen LogP contribution in [0, 0.1) is 0 Å². The van der Waals surface area contributed by atoms with E-state index in [1.165, 1.54) is 0 Å². The highest BCUT2D eigenvalue weighted by Gasteiger charge is 2.22. The smallest absolute Gasteiger partial charge is 0.344 e. The molecule has 0 saturated heterocycles. The van der Waals surface area contributed by atoms with Crippen LogP contribution in [0.25, 0.3) is 33.5 Å². The molecule has 3 aromatic carbocycles. The van der Waals surface area contributed by atoms with Gasteiger partial charge in [-0.15, -0.1) is 10.2 Å². The number of hydrogen-bond donors (Lipinski definition) is 0. The fraction of sp³-hybridized carbons (Fsp3) is 0.115. The second-order valence-electron chi connectivity index (χ2n) is 6.80. The molecule has 4 rings (SSSR count). The Bertz CT molecular complexity index is 1150. The van der Waals surface area contributed by atoms with Crippen LogP contribution in [-0.2, 0) is 9.53 Å². The maximum absolute atomic E-state index is 11.9. The number of carbonyl (C=O) groups excluding carboxylic acids is 1. The first-order chi connectivity index (χ1) is 15.3. The van der Waals surface area contributed by atoms with Gasteiger partial charge in [-0.2, -0.15) is 0 Å². The summed E-state index contributed by atoms with van der Waals surface area (Å²) in [5.41, 5.74) is 5.28. The van der Waals surface area contributed by atoms with Crippen LogP contribution in [-0.4, -0.2) is 29.4 Å². The van der Waals surface area contributed by atoms with Crippen LogP contribution in [0.1, 0.15) is 6.92 Å². The normalized spacial score (nSPS) is 10.5. The Balaban J connectivity index is 1.95. The van der Waals surface area contributed by atoms with Gasteiger partial charge in [0.25, 0.3) is 0 Å². The molecule has 0 unspecified atom stereocenters. The van der Waals surface area contributed by atoms with E-state index >= 15 is 0 Å². The van der Waals surface area contributed by atoms with Gasteiger partial charge in [0, 0.05) is 11.1 Å². The molecule has 1 aromatic heterocycles. The second kappa shape index (κ2) is 9.67. The maximum Gasteiger partial charge on any atom is 0.344 e. The third kappa shape index (κ3) is 4.61. The average molecular weight is 410 g/mol. The molecule has 4 aromatic rings. The van der Waals surface area contributed by atoms with Gasteiger partial charge in [-0.05, 0) is 18.1 Å². The average Bonchev–Trinajstić information content (AvgIpc) is 2.84. The van der Waals surface area contributed by atoms with Crippen molar-refractivity contribution in [3.63, 3.8) is 0 Å². The quantitative estimate of drug-likeness (QED) is 0.381. The van der Waals surface area contributed by atoms with Crippen molar-refractivity contribution < 1.29 is 14.3 Å². The third-order valence-electron chi connectivity index (χ3n) is 4.75. The van der Waals surface area contributed by atoms with Crippen molar-refractivity contribution in [2.45, 2.75) is 6.92 Å². The van der Waals surface area contributed by atoms with Gasteiger partial charge >= 0.3 is 5.97 Å². The molecule has 0 atom stereocenters. The lowest BCUT2D eigenvalue weighted by atomic mass is 9.92. The van der Waals surface area contributed by atoms with E-state index in [0.29, 0.717) is 6.61 Å². The zero-order valence-electron chi connectivity index (χ0n) is 17.2. The summed E-state index contributed by atoms with van der Waals surface area (Å²) in [4.78, 5) is 11.9. The van der Waals surface area contributed by atoms with E-state index in [1.54, 1.807) is 6.92 Å². The molecule has 0 bridgehead atoms. The zero-order valence-corrected chi connectivity index (χ0v) is 17.2. The first-order valence-corrected chi connectivity index (χ1v) is 10.1. The molecule has 154 valence electrons. The fourth-order valence-corrected chi connectivity index (χ4v) is 3.41. The Hall–Kier alpha value is -3.99. The highest BCUT2D eigenvalue weighted by molar-refractivity contribution is 5.94. The summed E-state index contributed by atoms with van der Waals surface area (Å²) < 4.78 is 10.8. The number of esters is 1. The molecule has 0 aliphatic carbocycles. The minimum atomic E-state index is -0.447.